The average molecular weight is 159 g/mol. The minimum absolute atomic E-state index is 0.344. The van der Waals surface area contributed by atoms with Gasteiger partial charge in [-0.3, -0.25) is 5.32 Å². The van der Waals surface area contributed by atoms with E-state index in [0.29, 0.717) is 6.61 Å². The third-order valence-corrected chi connectivity index (χ3v) is 1.80. The van der Waals surface area contributed by atoms with E-state index < -0.39 is 0 Å². The summed E-state index contributed by atoms with van der Waals surface area (Å²) in [6.45, 7) is 2.45. The normalized spacial score (nSPS) is 20.9. The Morgan fingerprint density at radius 1 is 1.90 bits per heavy atom. The lowest BCUT2D eigenvalue weighted by Gasteiger charge is -1.89. The molecule has 1 amide bonds. The van der Waals surface area contributed by atoms with Gasteiger partial charge < -0.3 is 4.74 Å². The first-order valence-electron chi connectivity index (χ1n) is 3.07. The van der Waals surface area contributed by atoms with Crippen molar-refractivity contribution in [3.63, 3.8) is 0 Å². The molecule has 0 aromatic rings. The minimum atomic E-state index is -0.344. The standard InChI is InChI=1S/C6H9NO2S/c1-2-10-4-5-3-9-6(8)7-5/h4H,2-3H2,1H3,(H,7,8). The lowest BCUT2D eigenvalue weighted by Crippen LogP contribution is -2.10. The Hall–Kier alpha value is -0.640. The summed E-state index contributed by atoms with van der Waals surface area (Å²) in [5.41, 5.74) is 0.858. The first-order valence-corrected chi connectivity index (χ1v) is 4.12. The summed E-state index contributed by atoms with van der Waals surface area (Å²) in [6, 6.07) is 0. The number of carbonyl (C=O) groups is 1. The number of hydrogen-bond acceptors (Lipinski definition) is 3. The van der Waals surface area contributed by atoms with Crippen LogP contribution in [0.25, 0.3) is 0 Å². The highest BCUT2D eigenvalue weighted by Crippen LogP contribution is 2.08. The predicted octanol–water partition coefficient (Wildman–Crippen LogP) is 1.32. The van der Waals surface area contributed by atoms with Crippen LogP contribution in [0.5, 0.6) is 0 Å². The van der Waals surface area contributed by atoms with Gasteiger partial charge in [-0.2, -0.15) is 0 Å². The highest BCUT2D eigenvalue weighted by molar-refractivity contribution is 8.02. The van der Waals surface area contributed by atoms with Crippen molar-refractivity contribution in [3.8, 4) is 0 Å². The van der Waals surface area contributed by atoms with Crippen molar-refractivity contribution >= 4 is 17.9 Å². The van der Waals surface area contributed by atoms with Gasteiger partial charge in [0.2, 0.25) is 0 Å². The lowest BCUT2D eigenvalue weighted by atomic mass is 10.6. The monoisotopic (exact) mass is 159 g/mol. The van der Waals surface area contributed by atoms with Crippen LogP contribution >= 0.6 is 11.8 Å². The van der Waals surface area contributed by atoms with Crippen molar-refractivity contribution in [1.82, 2.24) is 5.32 Å². The molecule has 0 aromatic heterocycles. The maximum absolute atomic E-state index is 10.4. The van der Waals surface area contributed by atoms with E-state index in [1.807, 2.05) is 5.41 Å². The maximum Gasteiger partial charge on any atom is 0.411 e. The molecule has 1 rings (SSSR count). The van der Waals surface area contributed by atoms with Crippen molar-refractivity contribution in [3.05, 3.63) is 11.1 Å². The Balaban J connectivity index is 2.36. The van der Waals surface area contributed by atoms with Gasteiger partial charge in [0.25, 0.3) is 0 Å². The van der Waals surface area contributed by atoms with Gasteiger partial charge in [0.1, 0.15) is 6.61 Å². The van der Waals surface area contributed by atoms with Crippen LogP contribution in [0.3, 0.4) is 0 Å². The molecule has 0 unspecified atom stereocenters. The van der Waals surface area contributed by atoms with E-state index in [2.05, 4.69) is 17.0 Å². The summed E-state index contributed by atoms with van der Waals surface area (Å²) in [5.74, 6) is 1.01. The van der Waals surface area contributed by atoms with Crippen LogP contribution < -0.4 is 5.32 Å². The molecule has 56 valence electrons. The van der Waals surface area contributed by atoms with E-state index in [9.17, 15) is 4.79 Å². The van der Waals surface area contributed by atoms with Gasteiger partial charge >= 0.3 is 6.09 Å². The number of alkyl carbamates (subject to hydrolysis) is 1. The van der Waals surface area contributed by atoms with E-state index >= 15 is 0 Å². The molecule has 1 heterocycles. The van der Waals surface area contributed by atoms with Crippen LogP contribution in [0, 0.1) is 0 Å². The molecule has 0 aliphatic carbocycles. The van der Waals surface area contributed by atoms with E-state index in [1.54, 1.807) is 11.8 Å². The molecule has 0 atom stereocenters. The second-order valence-corrected chi connectivity index (χ2v) is 2.95. The van der Waals surface area contributed by atoms with Crippen LogP contribution in [0.4, 0.5) is 4.79 Å². The van der Waals surface area contributed by atoms with E-state index in [4.69, 9.17) is 0 Å². The fourth-order valence-corrected chi connectivity index (χ4v) is 1.09. The number of cyclic esters (lactones) is 1. The highest BCUT2D eigenvalue weighted by atomic mass is 32.2. The zero-order chi connectivity index (χ0) is 7.40. The second kappa shape index (κ2) is 3.51. The zero-order valence-electron chi connectivity index (χ0n) is 5.72. The molecule has 0 saturated carbocycles. The fourth-order valence-electron chi connectivity index (χ4n) is 0.594. The molecule has 1 aliphatic heterocycles. The number of hydrogen-bond donors (Lipinski definition) is 1. The molecule has 0 bridgehead atoms. The second-order valence-electron chi connectivity index (χ2n) is 1.80. The van der Waals surface area contributed by atoms with Gasteiger partial charge in [-0.1, -0.05) is 6.92 Å². The Morgan fingerprint density at radius 2 is 2.70 bits per heavy atom. The van der Waals surface area contributed by atoms with Gasteiger partial charge in [-0.05, 0) is 11.2 Å². The van der Waals surface area contributed by atoms with Crippen LogP contribution in [0.1, 0.15) is 6.92 Å². The molecule has 1 fully saturated rings. The van der Waals surface area contributed by atoms with Crippen molar-refractivity contribution in [2.75, 3.05) is 12.4 Å². The smallest absolute Gasteiger partial charge is 0.411 e. The first-order chi connectivity index (χ1) is 4.83. The number of thioether (sulfide) groups is 1. The number of amides is 1. The van der Waals surface area contributed by atoms with E-state index in [-0.39, 0.29) is 6.09 Å². The number of carbonyl (C=O) groups excluding carboxylic acids is 1. The summed E-state index contributed by atoms with van der Waals surface area (Å²) >= 11 is 1.65. The van der Waals surface area contributed by atoms with Gasteiger partial charge in [0.15, 0.2) is 0 Å². The molecule has 0 spiro atoms. The Kier molecular flexibility index (Phi) is 2.62. The maximum atomic E-state index is 10.4. The molecular formula is C6H9NO2S. The van der Waals surface area contributed by atoms with E-state index in [0.717, 1.165) is 11.4 Å². The molecule has 0 aromatic carbocycles. The van der Waals surface area contributed by atoms with Crippen molar-refractivity contribution in [2.24, 2.45) is 0 Å². The Labute approximate surface area is 63.8 Å². The number of rotatable bonds is 2. The fraction of sp³-hybridized carbons (Fsp3) is 0.500. The molecule has 1 aliphatic rings. The Morgan fingerprint density at radius 3 is 3.20 bits per heavy atom. The van der Waals surface area contributed by atoms with E-state index in [1.165, 1.54) is 0 Å². The molecular weight excluding hydrogens is 150 g/mol. The third-order valence-electron chi connectivity index (χ3n) is 1.01. The Bertz CT molecular complexity index is 167. The molecule has 3 nitrogen and oxygen atoms in total. The van der Waals surface area contributed by atoms with Gasteiger partial charge in [0, 0.05) is 0 Å². The summed E-state index contributed by atoms with van der Waals surface area (Å²) in [6.07, 6.45) is -0.344. The first kappa shape index (κ1) is 7.47. The van der Waals surface area contributed by atoms with Crippen LogP contribution in [-0.2, 0) is 4.74 Å². The lowest BCUT2D eigenvalue weighted by molar-refractivity contribution is 0.179. The minimum Gasteiger partial charge on any atom is -0.443 e. The SMILES string of the molecule is CCSC=C1COC(=O)N1. The van der Waals surface area contributed by atoms with Crippen LogP contribution in [0.2, 0.25) is 0 Å². The van der Waals surface area contributed by atoms with Crippen molar-refractivity contribution in [2.45, 2.75) is 6.92 Å². The van der Waals surface area contributed by atoms with Gasteiger partial charge in [0.05, 0.1) is 5.70 Å². The average Bonchev–Trinajstić information content (AvgIpc) is 2.31. The van der Waals surface area contributed by atoms with Crippen molar-refractivity contribution in [1.29, 1.82) is 0 Å². The van der Waals surface area contributed by atoms with Gasteiger partial charge in [-0.25, -0.2) is 4.79 Å². The number of nitrogens with one attached hydrogen (secondary N) is 1. The third kappa shape index (κ3) is 1.95. The summed E-state index contributed by atoms with van der Waals surface area (Å²) in [4.78, 5) is 10.4. The zero-order valence-corrected chi connectivity index (χ0v) is 6.53. The predicted molar refractivity (Wildman–Crippen MR) is 40.7 cm³/mol. The molecule has 10 heavy (non-hydrogen) atoms. The highest BCUT2D eigenvalue weighted by Gasteiger charge is 2.13. The summed E-state index contributed by atoms with van der Waals surface area (Å²) < 4.78 is 4.63. The molecule has 1 N–H and O–H groups in total. The van der Waals surface area contributed by atoms with Crippen molar-refractivity contribution < 1.29 is 9.53 Å². The summed E-state index contributed by atoms with van der Waals surface area (Å²) in [5, 5.41) is 4.48. The molecule has 4 heteroatoms. The van der Waals surface area contributed by atoms with Gasteiger partial charge in [-0.15, -0.1) is 11.8 Å². The molecule has 1 saturated heterocycles. The summed E-state index contributed by atoms with van der Waals surface area (Å²) in [7, 11) is 0. The van der Waals surface area contributed by atoms with Crippen LogP contribution in [0.15, 0.2) is 11.1 Å². The quantitative estimate of drug-likeness (QED) is 0.660. The largest absolute Gasteiger partial charge is 0.443 e. The topological polar surface area (TPSA) is 38.3 Å². The number of ether oxygens (including phenoxy) is 1. The molecule has 0 radical (unpaired) electrons. The van der Waals surface area contributed by atoms with Crippen LogP contribution in [-0.4, -0.2) is 18.5 Å².